The monoisotopic (exact) mass is 267 g/mol. The summed E-state index contributed by atoms with van der Waals surface area (Å²) in [6.45, 7) is 6.46. The summed E-state index contributed by atoms with van der Waals surface area (Å²) >= 11 is 0. The van der Waals surface area contributed by atoms with E-state index in [1.807, 2.05) is 24.1 Å². The molecule has 0 spiro atoms. The molecule has 0 amide bonds. The fourth-order valence-corrected chi connectivity index (χ4v) is 2.03. The highest BCUT2D eigenvalue weighted by molar-refractivity contribution is 5.32. The number of aliphatic hydroxyl groups excluding tert-OH is 1. The second kappa shape index (κ2) is 8.15. The Kier molecular flexibility index (Phi) is 6.84. The van der Waals surface area contributed by atoms with Crippen LogP contribution in [0.25, 0.3) is 0 Å². The molecule has 0 saturated heterocycles. The van der Waals surface area contributed by atoms with Gasteiger partial charge in [-0.15, -0.1) is 0 Å². The van der Waals surface area contributed by atoms with Crippen molar-refractivity contribution in [3.05, 3.63) is 29.3 Å². The lowest BCUT2D eigenvalue weighted by Gasteiger charge is -2.20. The molecule has 108 valence electrons. The van der Waals surface area contributed by atoms with Crippen LogP contribution in [0.1, 0.15) is 11.1 Å². The van der Waals surface area contributed by atoms with Gasteiger partial charge in [-0.2, -0.15) is 0 Å². The van der Waals surface area contributed by atoms with E-state index in [1.165, 1.54) is 11.1 Å². The standard InChI is InChI=1S/C15H25NO3/c1-12-7-13(2)9-15(8-12)19-6-5-16(3)10-14(17)11-18-4/h7-9,14,17H,5-6,10-11H2,1-4H3. The molecule has 1 unspecified atom stereocenters. The Morgan fingerprint density at radius 1 is 1.21 bits per heavy atom. The number of aryl methyl sites for hydroxylation is 2. The molecule has 19 heavy (non-hydrogen) atoms. The van der Waals surface area contributed by atoms with Crippen LogP contribution in [0.15, 0.2) is 18.2 Å². The van der Waals surface area contributed by atoms with Crippen molar-refractivity contribution in [3.63, 3.8) is 0 Å². The van der Waals surface area contributed by atoms with E-state index in [0.29, 0.717) is 19.8 Å². The predicted molar refractivity (Wildman–Crippen MR) is 76.8 cm³/mol. The van der Waals surface area contributed by atoms with Gasteiger partial charge in [0.1, 0.15) is 12.4 Å². The molecule has 0 aliphatic rings. The summed E-state index contributed by atoms with van der Waals surface area (Å²) in [6, 6.07) is 6.19. The first-order valence-corrected chi connectivity index (χ1v) is 6.58. The van der Waals surface area contributed by atoms with E-state index < -0.39 is 6.10 Å². The van der Waals surface area contributed by atoms with E-state index in [-0.39, 0.29) is 0 Å². The number of hydrogen-bond donors (Lipinski definition) is 1. The molecule has 0 bridgehead atoms. The predicted octanol–water partition coefficient (Wildman–Crippen LogP) is 1.62. The third-order valence-electron chi connectivity index (χ3n) is 2.82. The summed E-state index contributed by atoms with van der Waals surface area (Å²) in [4.78, 5) is 2.03. The molecule has 1 rings (SSSR count). The van der Waals surface area contributed by atoms with Crippen molar-refractivity contribution >= 4 is 0 Å². The summed E-state index contributed by atoms with van der Waals surface area (Å²) in [7, 11) is 3.55. The van der Waals surface area contributed by atoms with E-state index in [1.54, 1.807) is 7.11 Å². The van der Waals surface area contributed by atoms with Gasteiger partial charge in [0.05, 0.1) is 12.7 Å². The van der Waals surface area contributed by atoms with Gasteiger partial charge in [-0.1, -0.05) is 6.07 Å². The van der Waals surface area contributed by atoms with Crippen LogP contribution in [0.3, 0.4) is 0 Å². The van der Waals surface area contributed by atoms with Gasteiger partial charge in [-0.05, 0) is 44.2 Å². The van der Waals surface area contributed by atoms with Crippen LogP contribution in [0.2, 0.25) is 0 Å². The quantitative estimate of drug-likeness (QED) is 0.777. The second-order valence-electron chi connectivity index (χ2n) is 5.04. The Morgan fingerprint density at radius 2 is 1.84 bits per heavy atom. The van der Waals surface area contributed by atoms with E-state index in [4.69, 9.17) is 9.47 Å². The zero-order valence-corrected chi connectivity index (χ0v) is 12.3. The average molecular weight is 267 g/mol. The first-order chi connectivity index (χ1) is 9.01. The Balaban J connectivity index is 2.29. The number of ether oxygens (including phenoxy) is 2. The molecular formula is C15H25NO3. The van der Waals surface area contributed by atoms with Crippen molar-refractivity contribution in [2.24, 2.45) is 0 Å². The maximum Gasteiger partial charge on any atom is 0.119 e. The lowest BCUT2D eigenvalue weighted by atomic mass is 10.1. The van der Waals surface area contributed by atoms with Crippen LogP contribution in [0.5, 0.6) is 5.75 Å². The van der Waals surface area contributed by atoms with Crippen LogP contribution < -0.4 is 4.74 Å². The minimum absolute atomic E-state index is 0.363. The second-order valence-corrected chi connectivity index (χ2v) is 5.04. The number of methoxy groups -OCH3 is 1. The molecule has 0 aliphatic carbocycles. The highest BCUT2D eigenvalue weighted by Crippen LogP contribution is 2.15. The maximum atomic E-state index is 9.60. The van der Waals surface area contributed by atoms with E-state index in [0.717, 1.165) is 12.3 Å². The van der Waals surface area contributed by atoms with Crippen molar-refractivity contribution in [3.8, 4) is 5.75 Å². The molecule has 0 fully saturated rings. The van der Waals surface area contributed by atoms with Crippen molar-refractivity contribution in [2.75, 3.05) is 40.5 Å². The molecule has 0 heterocycles. The van der Waals surface area contributed by atoms with Gasteiger partial charge in [0.2, 0.25) is 0 Å². The number of hydrogen-bond acceptors (Lipinski definition) is 4. The Morgan fingerprint density at radius 3 is 2.42 bits per heavy atom. The van der Waals surface area contributed by atoms with Gasteiger partial charge in [0.15, 0.2) is 0 Å². The molecule has 1 N–H and O–H groups in total. The lowest BCUT2D eigenvalue weighted by molar-refractivity contribution is 0.0410. The van der Waals surface area contributed by atoms with E-state index in [2.05, 4.69) is 19.9 Å². The molecule has 0 aromatic heterocycles. The van der Waals surface area contributed by atoms with Gasteiger partial charge in [0.25, 0.3) is 0 Å². The van der Waals surface area contributed by atoms with Gasteiger partial charge in [-0.25, -0.2) is 0 Å². The fourth-order valence-electron chi connectivity index (χ4n) is 2.03. The zero-order chi connectivity index (χ0) is 14.3. The molecule has 1 atom stereocenters. The van der Waals surface area contributed by atoms with Gasteiger partial charge < -0.3 is 19.5 Å². The largest absolute Gasteiger partial charge is 0.492 e. The smallest absolute Gasteiger partial charge is 0.119 e. The van der Waals surface area contributed by atoms with Crippen LogP contribution in [-0.2, 0) is 4.74 Å². The van der Waals surface area contributed by atoms with Gasteiger partial charge >= 0.3 is 0 Å². The molecule has 4 heteroatoms. The number of aliphatic hydroxyl groups is 1. The van der Waals surface area contributed by atoms with Crippen molar-refractivity contribution < 1.29 is 14.6 Å². The topological polar surface area (TPSA) is 41.9 Å². The minimum atomic E-state index is -0.448. The zero-order valence-electron chi connectivity index (χ0n) is 12.3. The molecule has 1 aromatic carbocycles. The first kappa shape index (κ1) is 16.0. The molecule has 0 saturated carbocycles. The number of rotatable bonds is 8. The van der Waals surface area contributed by atoms with Crippen LogP contribution in [-0.4, -0.2) is 56.6 Å². The first-order valence-electron chi connectivity index (χ1n) is 6.58. The van der Waals surface area contributed by atoms with Crippen LogP contribution >= 0.6 is 0 Å². The molecule has 1 aromatic rings. The summed E-state index contributed by atoms with van der Waals surface area (Å²) in [5.41, 5.74) is 2.41. The average Bonchev–Trinajstić information content (AvgIpc) is 2.27. The Hall–Kier alpha value is -1.10. The highest BCUT2D eigenvalue weighted by Gasteiger charge is 2.07. The SMILES string of the molecule is COCC(O)CN(C)CCOc1cc(C)cc(C)c1. The minimum Gasteiger partial charge on any atom is -0.492 e. The van der Waals surface area contributed by atoms with Crippen molar-refractivity contribution in [2.45, 2.75) is 20.0 Å². The Bertz CT molecular complexity index is 361. The van der Waals surface area contributed by atoms with Crippen LogP contribution in [0.4, 0.5) is 0 Å². The summed E-state index contributed by atoms with van der Waals surface area (Å²) in [5, 5.41) is 9.60. The molecule has 0 radical (unpaired) electrons. The van der Waals surface area contributed by atoms with Gasteiger partial charge in [0, 0.05) is 20.2 Å². The summed E-state index contributed by atoms with van der Waals surface area (Å²) in [6.07, 6.45) is -0.448. The Labute approximate surface area is 115 Å². The van der Waals surface area contributed by atoms with Crippen molar-refractivity contribution in [1.29, 1.82) is 0 Å². The lowest BCUT2D eigenvalue weighted by Crippen LogP contribution is -2.34. The molecule has 4 nitrogen and oxygen atoms in total. The third-order valence-corrected chi connectivity index (χ3v) is 2.82. The van der Waals surface area contributed by atoms with Crippen LogP contribution in [0, 0.1) is 13.8 Å². The van der Waals surface area contributed by atoms with E-state index in [9.17, 15) is 5.11 Å². The van der Waals surface area contributed by atoms with E-state index >= 15 is 0 Å². The number of nitrogens with zero attached hydrogens (tertiary/aromatic N) is 1. The molecule has 0 aliphatic heterocycles. The summed E-state index contributed by atoms with van der Waals surface area (Å²) in [5.74, 6) is 0.906. The third kappa shape index (κ3) is 6.57. The summed E-state index contributed by atoms with van der Waals surface area (Å²) < 4.78 is 10.6. The van der Waals surface area contributed by atoms with Gasteiger partial charge in [-0.3, -0.25) is 0 Å². The number of benzene rings is 1. The maximum absolute atomic E-state index is 9.60. The normalized spacial score (nSPS) is 12.7. The fraction of sp³-hybridized carbons (Fsp3) is 0.600. The van der Waals surface area contributed by atoms with Crippen molar-refractivity contribution in [1.82, 2.24) is 4.90 Å². The highest BCUT2D eigenvalue weighted by atomic mass is 16.5. The number of likely N-dealkylation sites (N-methyl/N-ethyl adjacent to an activating group) is 1. The molecular weight excluding hydrogens is 242 g/mol.